The van der Waals surface area contributed by atoms with E-state index in [1.165, 1.54) is 18.4 Å². The molecule has 0 bridgehead atoms. The van der Waals surface area contributed by atoms with E-state index in [4.69, 9.17) is 5.73 Å². The molecular weight excluding hydrogens is 248 g/mol. The third kappa shape index (κ3) is 4.00. The number of benzene rings is 1. The molecule has 0 aromatic heterocycles. The highest BCUT2D eigenvalue weighted by Gasteiger charge is 2.28. The number of hydrogen-bond donors (Lipinski definition) is 2. The van der Waals surface area contributed by atoms with Gasteiger partial charge in [0.05, 0.1) is 0 Å². The molecule has 100 valence electrons. The zero-order valence-electron chi connectivity index (χ0n) is 10.7. The van der Waals surface area contributed by atoms with Gasteiger partial charge in [-0.1, -0.05) is 19.1 Å². The SMILES string of the molecule is CCc1ccc(C(=O)NCC(N)C2CC2)cc1.Cl. The molecule has 1 aliphatic rings. The second-order valence-corrected chi connectivity index (χ2v) is 4.76. The molecule has 0 radical (unpaired) electrons. The lowest BCUT2D eigenvalue weighted by atomic mass is 10.1. The highest BCUT2D eigenvalue weighted by molar-refractivity contribution is 5.94. The smallest absolute Gasteiger partial charge is 0.251 e. The number of carbonyl (C=O) groups excluding carboxylic acids is 1. The number of rotatable bonds is 5. The second-order valence-electron chi connectivity index (χ2n) is 4.76. The molecule has 1 fully saturated rings. The number of nitrogens with one attached hydrogen (secondary N) is 1. The standard InChI is InChI=1S/C14H20N2O.ClH/c1-2-10-3-5-12(6-4-10)14(17)16-9-13(15)11-7-8-11;/h3-6,11,13H,2,7-9,15H2,1H3,(H,16,17);1H. The fourth-order valence-corrected chi connectivity index (χ4v) is 1.90. The van der Waals surface area contributed by atoms with E-state index in [9.17, 15) is 4.79 Å². The molecule has 2 rings (SSSR count). The van der Waals surface area contributed by atoms with E-state index in [-0.39, 0.29) is 24.4 Å². The highest BCUT2D eigenvalue weighted by Crippen LogP contribution is 2.31. The lowest BCUT2D eigenvalue weighted by Crippen LogP contribution is -2.38. The zero-order chi connectivity index (χ0) is 12.3. The van der Waals surface area contributed by atoms with Crippen LogP contribution in [0.15, 0.2) is 24.3 Å². The summed E-state index contributed by atoms with van der Waals surface area (Å²) < 4.78 is 0. The average Bonchev–Trinajstić information content (AvgIpc) is 3.20. The molecular formula is C14H21ClN2O. The average molecular weight is 269 g/mol. The van der Waals surface area contributed by atoms with Crippen molar-refractivity contribution in [3.63, 3.8) is 0 Å². The first kappa shape index (κ1) is 15.0. The van der Waals surface area contributed by atoms with Crippen molar-refractivity contribution in [3.05, 3.63) is 35.4 Å². The van der Waals surface area contributed by atoms with Crippen LogP contribution in [0.5, 0.6) is 0 Å². The summed E-state index contributed by atoms with van der Waals surface area (Å²) in [5, 5.41) is 2.89. The quantitative estimate of drug-likeness (QED) is 0.860. The molecule has 1 aromatic rings. The maximum absolute atomic E-state index is 11.8. The van der Waals surface area contributed by atoms with Crippen LogP contribution in [-0.2, 0) is 6.42 Å². The molecule has 18 heavy (non-hydrogen) atoms. The summed E-state index contributed by atoms with van der Waals surface area (Å²) in [6.07, 6.45) is 3.42. The van der Waals surface area contributed by atoms with Crippen LogP contribution in [0.2, 0.25) is 0 Å². The predicted octanol–water partition coefficient (Wildman–Crippen LogP) is 2.14. The molecule has 1 aliphatic carbocycles. The first-order chi connectivity index (χ1) is 8.20. The van der Waals surface area contributed by atoms with Gasteiger partial charge < -0.3 is 11.1 Å². The lowest BCUT2D eigenvalue weighted by molar-refractivity contribution is 0.0950. The first-order valence-electron chi connectivity index (χ1n) is 6.33. The third-order valence-electron chi connectivity index (χ3n) is 3.35. The van der Waals surface area contributed by atoms with E-state index in [1.54, 1.807) is 0 Å². The topological polar surface area (TPSA) is 55.1 Å². The van der Waals surface area contributed by atoms with Crippen LogP contribution in [0.25, 0.3) is 0 Å². The molecule has 1 amide bonds. The number of amides is 1. The van der Waals surface area contributed by atoms with E-state index in [0.717, 1.165) is 6.42 Å². The molecule has 0 saturated heterocycles. The van der Waals surface area contributed by atoms with Crippen LogP contribution in [0.4, 0.5) is 0 Å². The Morgan fingerprint density at radius 3 is 2.50 bits per heavy atom. The van der Waals surface area contributed by atoms with Crippen molar-refractivity contribution < 1.29 is 4.79 Å². The van der Waals surface area contributed by atoms with E-state index >= 15 is 0 Å². The van der Waals surface area contributed by atoms with Gasteiger partial charge in [-0.15, -0.1) is 12.4 Å². The fraction of sp³-hybridized carbons (Fsp3) is 0.500. The van der Waals surface area contributed by atoms with Gasteiger partial charge in [0.1, 0.15) is 0 Å². The van der Waals surface area contributed by atoms with Crippen LogP contribution in [0.1, 0.15) is 35.7 Å². The summed E-state index contributed by atoms with van der Waals surface area (Å²) in [5.41, 5.74) is 7.90. The van der Waals surface area contributed by atoms with E-state index in [1.807, 2.05) is 24.3 Å². The number of hydrogen-bond acceptors (Lipinski definition) is 2. The molecule has 1 saturated carbocycles. The minimum Gasteiger partial charge on any atom is -0.350 e. The second kappa shape index (κ2) is 6.76. The maximum atomic E-state index is 11.8. The van der Waals surface area contributed by atoms with Gasteiger partial charge >= 0.3 is 0 Å². The van der Waals surface area contributed by atoms with Gasteiger partial charge in [0.2, 0.25) is 0 Å². The third-order valence-corrected chi connectivity index (χ3v) is 3.35. The van der Waals surface area contributed by atoms with E-state index in [0.29, 0.717) is 18.0 Å². The molecule has 0 spiro atoms. The predicted molar refractivity (Wildman–Crippen MR) is 76.1 cm³/mol. The van der Waals surface area contributed by atoms with Gasteiger partial charge in [-0.25, -0.2) is 0 Å². The molecule has 0 aliphatic heterocycles. The Balaban J connectivity index is 0.00000162. The fourth-order valence-electron chi connectivity index (χ4n) is 1.90. The first-order valence-corrected chi connectivity index (χ1v) is 6.33. The molecule has 1 unspecified atom stereocenters. The van der Waals surface area contributed by atoms with E-state index in [2.05, 4.69) is 12.2 Å². The summed E-state index contributed by atoms with van der Waals surface area (Å²) in [6, 6.07) is 7.85. The van der Waals surface area contributed by atoms with Gasteiger partial charge in [0.25, 0.3) is 5.91 Å². The highest BCUT2D eigenvalue weighted by atomic mass is 35.5. The Morgan fingerprint density at radius 1 is 1.39 bits per heavy atom. The summed E-state index contributed by atoms with van der Waals surface area (Å²) in [7, 11) is 0. The normalized spacial score (nSPS) is 15.7. The van der Waals surface area contributed by atoms with Crippen molar-refractivity contribution in [1.82, 2.24) is 5.32 Å². The number of halogens is 1. The van der Waals surface area contributed by atoms with Gasteiger partial charge in [0.15, 0.2) is 0 Å². The van der Waals surface area contributed by atoms with Crippen molar-refractivity contribution in [2.45, 2.75) is 32.2 Å². The van der Waals surface area contributed by atoms with Crippen LogP contribution < -0.4 is 11.1 Å². The van der Waals surface area contributed by atoms with Crippen molar-refractivity contribution in [2.75, 3.05) is 6.54 Å². The largest absolute Gasteiger partial charge is 0.350 e. The molecule has 3 N–H and O–H groups in total. The number of aryl methyl sites for hydroxylation is 1. The zero-order valence-corrected chi connectivity index (χ0v) is 11.5. The number of carbonyl (C=O) groups is 1. The molecule has 1 aromatic carbocycles. The molecule has 4 heteroatoms. The minimum atomic E-state index is -0.0243. The van der Waals surface area contributed by atoms with Gasteiger partial charge in [-0.2, -0.15) is 0 Å². The Kier molecular flexibility index (Phi) is 5.63. The van der Waals surface area contributed by atoms with Gasteiger partial charge in [0, 0.05) is 18.2 Å². The van der Waals surface area contributed by atoms with Crippen molar-refractivity contribution in [1.29, 1.82) is 0 Å². The van der Waals surface area contributed by atoms with Crippen LogP contribution in [0.3, 0.4) is 0 Å². The van der Waals surface area contributed by atoms with E-state index < -0.39 is 0 Å². The molecule has 3 nitrogen and oxygen atoms in total. The Morgan fingerprint density at radius 2 is 2.00 bits per heavy atom. The van der Waals surface area contributed by atoms with Crippen molar-refractivity contribution in [3.8, 4) is 0 Å². The summed E-state index contributed by atoms with van der Waals surface area (Å²) in [5.74, 6) is 0.599. The van der Waals surface area contributed by atoms with Crippen molar-refractivity contribution in [2.24, 2.45) is 11.7 Å². The Bertz CT molecular complexity index is 387. The monoisotopic (exact) mass is 268 g/mol. The minimum absolute atomic E-state index is 0. The molecule has 1 atom stereocenters. The van der Waals surface area contributed by atoms with Crippen LogP contribution in [-0.4, -0.2) is 18.5 Å². The van der Waals surface area contributed by atoms with Crippen molar-refractivity contribution >= 4 is 18.3 Å². The van der Waals surface area contributed by atoms with Crippen LogP contribution in [0, 0.1) is 5.92 Å². The number of nitrogens with two attached hydrogens (primary N) is 1. The summed E-state index contributed by atoms with van der Waals surface area (Å²) in [6.45, 7) is 2.68. The Labute approximate surface area is 115 Å². The van der Waals surface area contributed by atoms with Gasteiger partial charge in [-0.3, -0.25) is 4.79 Å². The van der Waals surface area contributed by atoms with Gasteiger partial charge in [-0.05, 0) is 42.9 Å². The maximum Gasteiger partial charge on any atom is 0.251 e. The molecule has 0 heterocycles. The Hall–Kier alpha value is -1.06. The summed E-state index contributed by atoms with van der Waals surface area (Å²) >= 11 is 0. The van der Waals surface area contributed by atoms with Crippen LogP contribution >= 0.6 is 12.4 Å². The summed E-state index contributed by atoms with van der Waals surface area (Å²) in [4.78, 5) is 11.8. The lowest BCUT2D eigenvalue weighted by Gasteiger charge is -2.11.